The molecule has 0 unspecified atom stereocenters. The number of carbonyl (C=O) groups excluding carboxylic acids is 1. The van der Waals surface area contributed by atoms with Crippen LogP contribution < -0.4 is 10.1 Å². The zero-order valence-electron chi connectivity index (χ0n) is 24.6. The predicted octanol–water partition coefficient (Wildman–Crippen LogP) is 6.44. The zero-order valence-corrected chi connectivity index (χ0v) is 24.6. The molecule has 40 heavy (non-hydrogen) atoms. The average Bonchev–Trinajstić information content (AvgIpc) is 3.40. The van der Waals surface area contributed by atoms with Crippen LogP contribution in [0.1, 0.15) is 85.6 Å². The lowest BCUT2D eigenvalue weighted by Gasteiger charge is -2.39. The van der Waals surface area contributed by atoms with Crippen LogP contribution in [-0.4, -0.2) is 52.2 Å². The van der Waals surface area contributed by atoms with Gasteiger partial charge in [-0.15, -0.1) is 0 Å². The fraction of sp³-hybridized carbons (Fsp3) is 0.559. The molecule has 2 aromatic carbocycles. The number of ether oxygens (including phenoxy) is 1. The lowest BCUT2D eigenvalue weighted by atomic mass is 9.83. The lowest BCUT2D eigenvalue weighted by molar-refractivity contribution is -0.138. The van der Waals surface area contributed by atoms with Crippen molar-refractivity contribution >= 4 is 16.8 Å². The second kappa shape index (κ2) is 10.8. The van der Waals surface area contributed by atoms with E-state index in [1.807, 2.05) is 27.7 Å². The van der Waals surface area contributed by atoms with Crippen LogP contribution in [0.3, 0.4) is 0 Å². The van der Waals surface area contributed by atoms with E-state index in [-0.39, 0.29) is 11.9 Å². The first-order chi connectivity index (χ1) is 19.2. The van der Waals surface area contributed by atoms with Crippen LogP contribution in [0.5, 0.6) is 11.5 Å². The van der Waals surface area contributed by atoms with Crippen molar-refractivity contribution in [3.63, 3.8) is 0 Å². The number of likely N-dealkylation sites (tertiary alicyclic amines) is 1. The molecule has 6 nitrogen and oxygen atoms in total. The molecule has 1 aliphatic carbocycles. The molecular formula is C34H45N3O3. The topological polar surface area (TPSA) is 77.6 Å². The Morgan fingerprint density at radius 1 is 1.05 bits per heavy atom. The number of aromatic nitrogens is 1. The monoisotopic (exact) mass is 543 g/mol. The minimum Gasteiger partial charge on any atom is -0.507 e. The zero-order chi connectivity index (χ0) is 28.0. The molecule has 6 rings (SSSR count). The molecule has 1 amide bonds. The smallest absolute Gasteiger partial charge is 0.264 e. The van der Waals surface area contributed by atoms with Crippen molar-refractivity contribution < 1.29 is 14.6 Å². The second-order valence-corrected chi connectivity index (χ2v) is 12.9. The number of nitrogens with one attached hydrogen (secondary N) is 2. The third-order valence-electron chi connectivity index (χ3n) is 10.3. The molecule has 214 valence electrons. The Bertz CT molecular complexity index is 1400. The standard InChI is InChI=1S/C34H45N3O3/c1-21-22(2)32-27(23(3)31(21)38)13-16-34(4,40-32)33(39)36-26-11-9-24(10-12-26)20-37-17-14-25(15-18-37)29-19-35-30-8-6-5-7-28(29)30/h5-8,19,24-26,35,38H,9-18,20H2,1-4H3,(H,36,39)/t24?,26?,34-/m1/s1. The Morgan fingerprint density at radius 2 is 1.77 bits per heavy atom. The molecule has 3 heterocycles. The van der Waals surface area contributed by atoms with E-state index < -0.39 is 5.60 Å². The highest BCUT2D eigenvalue weighted by atomic mass is 16.5. The van der Waals surface area contributed by atoms with E-state index in [9.17, 15) is 9.90 Å². The first-order valence-electron chi connectivity index (χ1n) is 15.3. The van der Waals surface area contributed by atoms with Gasteiger partial charge in [0.15, 0.2) is 5.60 Å². The Kier molecular flexibility index (Phi) is 7.32. The van der Waals surface area contributed by atoms with Gasteiger partial charge in [0.25, 0.3) is 5.91 Å². The Morgan fingerprint density at radius 3 is 2.52 bits per heavy atom. The van der Waals surface area contributed by atoms with Gasteiger partial charge in [-0.1, -0.05) is 18.2 Å². The van der Waals surface area contributed by atoms with E-state index in [0.717, 1.165) is 47.3 Å². The van der Waals surface area contributed by atoms with Gasteiger partial charge in [0.1, 0.15) is 11.5 Å². The molecule has 2 fully saturated rings. The van der Waals surface area contributed by atoms with Gasteiger partial charge in [-0.05, 0) is 126 Å². The van der Waals surface area contributed by atoms with Crippen LogP contribution in [0.2, 0.25) is 0 Å². The number of hydrogen-bond donors (Lipinski definition) is 3. The van der Waals surface area contributed by atoms with Gasteiger partial charge in [0, 0.05) is 41.7 Å². The van der Waals surface area contributed by atoms with E-state index in [1.165, 1.54) is 61.8 Å². The van der Waals surface area contributed by atoms with E-state index in [1.54, 1.807) is 0 Å². The highest BCUT2D eigenvalue weighted by Gasteiger charge is 2.42. The van der Waals surface area contributed by atoms with Crippen molar-refractivity contribution in [2.75, 3.05) is 19.6 Å². The summed E-state index contributed by atoms with van der Waals surface area (Å²) in [6.45, 7) is 11.3. The third kappa shape index (κ3) is 5.00. The SMILES string of the molecule is Cc1c(C)c2c(c(C)c1O)CC[C@](C)(C(=O)NC1CCC(CN3CCC(c4c[nH]c5ccccc45)CC3)CC1)O2. The molecule has 1 saturated heterocycles. The maximum Gasteiger partial charge on any atom is 0.264 e. The average molecular weight is 544 g/mol. The van der Waals surface area contributed by atoms with Gasteiger partial charge < -0.3 is 25.0 Å². The van der Waals surface area contributed by atoms with Gasteiger partial charge in [-0.3, -0.25) is 4.79 Å². The summed E-state index contributed by atoms with van der Waals surface area (Å²) in [7, 11) is 0. The Labute approximate surface area is 238 Å². The molecule has 0 radical (unpaired) electrons. The molecule has 3 aromatic rings. The minimum atomic E-state index is -0.875. The van der Waals surface area contributed by atoms with Crippen LogP contribution in [0.25, 0.3) is 10.9 Å². The molecule has 2 aliphatic heterocycles. The van der Waals surface area contributed by atoms with Crippen LogP contribution in [0, 0.1) is 26.7 Å². The van der Waals surface area contributed by atoms with Gasteiger partial charge in [-0.2, -0.15) is 0 Å². The molecular weight excluding hydrogens is 498 g/mol. The molecule has 3 N–H and O–H groups in total. The largest absolute Gasteiger partial charge is 0.507 e. The number of benzene rings is 2. The van der Waals surface area contributed by atoms with Crippen LogP contribution >= 0.6 is 0 Å². The molecule has 0 spiro atoms. The summed E-state index contributed by atoms with van der Waals surface area (Å²) in [5, 5.41) is 15.2. The van der Waals surface area contributed by atoms with Crippen molar-refractivity contribution in [1.29, 1.82) is 0 Å². The number of fused-ring (bicyclic) bond motifs is 2. The van der Waals surface area contributed by atoms with Crippen LogP contribution in [0.15, 0.2) is 30.5 Å². The van der Waals surface area contributed by atoms with Gasteiger partial charge in [0.05, 0.1) is 0 Å². The van der Waals surface area contributed by atoms with Crippen LogP contribution in [-0.2, 0) is 11.2 Å². The quantitative estimate of drug-likeness (QED) is 0.346. The summed E-state index contributed by atoms with van der Waals surface area (Å²) >= 11 is 0. The number of para-hydroxylation sites is 1. The first-order valence-corrected chi connectivity index (χ1v) is 15.3. The number of phenols is 1. The number of nitrogens with zero attached hydrogens (tertiary/aromatic N) is 1. The summed E-state index contributed by atoms with van der Waals surface area (Å²) in [4.78, 5) is 19.6. The summed E-state index contributed by atoms with van der Waals surface area (Å²) < 4.78 is 6.42. The molecule has 1 saturated carbocycles. The maximum atomic E-state index is 13.5. The summed E-state index contributed by atoms with van der Waals surface area (Å²) in [6.07, 6.45) is 10.5. The molecule has 3 aliphatic rings. The number of H-pyrrole nitrogens is 1. The van der Waals surface area contributed by atoms with E-state index in [0.29, 0.717) is 24.0 Å². The second-order valence-electron chi connectivity index (χ2n) is 12.9. The maximum absolute atomic E-state index is 13.5. The van der Waals surface area contributed by atoms with Crippen molar-refractivity contribution in [3.8, 4) is 11.5 Å². The molecule has 0 bridgehead atoms. The molecule has 6 heteroatoms. The first kappa shape index (κ1) is 27.2. The summed E-state index contributed by atoms with van der Waals surface area (Å²) in [6, 6.07) is 8.89. The Balaban J connectivity index is 0.982. The van der Waals surface area contributed by atoms with Crippen molar-refractivity contribution in [3.05, 3.63) is 58.3 Å². The summed E-state index contributed by atoms with van der Waals surface area (Å²) in [5.74, 6) is 2.50. The fourth-order valence-electron chi connectivity index (χ4n) is 7.46. The molecule has 1 aromatic heterocycles. The fourth-order valence-corrected chi connectivity index (χ4v) is 7.46. The normalized spacial score (nSPS) is 25.9. The number of rotatable bonds is 5. The number of carbonyl (C=O) groups is 1. The number of hydrogen-bond acceptors (Lipinski definition) is 4. The molecule has 1 atom stereocenters. The van der Waals surface area contributed by atoms with Crippen LogP contribution in [0.4, 0.5) is 0 Å². The predicted molar refractivity (Wildman–Crippen MR) is 160 cm³/mol. The number of aromatic hydroxyl groups is 1. The summed E-state index contributed by atoms with van der Waals surface area (Å²) in [5.41, 5.74) is 5.55. The van der Waals surface area contributed by atoms with Gasteiger partial charge >= 0.3 is 0 Å². The number of amides is 1. The number of piperidine rings is 1. The van der Waals surface area contributed by atoms with Gasteiger partial charge in [-0.25, -0.2) is 0 Å². The highest BCUT2D eigenvalue weighted by Crippen LogP contribution is 2.43. The lowest BCUT2D eigenvalue weighted by Crippen LogP contribution is -2.54. The third-order valence-corrected chi connectivity index (χ3v) is 10.3. The van der Waals surface area contributed by atoms with E-state index in [2.05, 4.69) is 45.7 Å². The highest BCUT2D eigenvalue weighted by molar-refractivity contribution is 5.86. The van der Waals surface area contributed by atoms with E-state index in [4.69, 9.17) is 4.74 Å². The van der Waals surface area contributed by atoms with Gasteiger partial charge in [0.2, 0.25) is 0 Å². The minimum absolute atomic E-state index is 0.00346. The van der Waals surface area contributed by atoms with Crippen molar-refractivity contribution in [1.82, 2.24) is 15.2 Å². The number of phenolic OH excluding ortho intramolecular Hbond substituents is 1. The Hall–Kier alpha value is -2.99. The van der Waals surface area contributed by atoms with Crippen molar-refractivity contribution in [2.45, 2.75) is 96.6 Å². The number of aromatic amines is 1. The van der Waals surface area contributed by atoms with Crippen molar-refractivity contribution in [2.24, 2.45) is 5.92 Å². The van der Waals surface area contributed by atoms with E-state index >= 15 is 0 Å².